The lowest BCUT2D eigenvalue weighted by Gasteiger charge is -2.06. The van der Waals surface area contributed by atoms with Crippen LogP contribution >= 0.6 is 31.9 Å². The van der Waals surface area contributed by atoms with Crippen LogP contribution in [-0.2, 0) is 9.53 Å². The molecule has 0 spiro atoms. The van der Waals surface area contributed by atoms with Crippen molar-refractivity contribution in [1.82, 2.24) is 0 Å². The Bertz CT molecular complexity index is 140. The van der Waals surface area contributed by atoms with E-state index >= 15 is 0 Å². The summed E-state index contributed by atoms with van der Waals surface area (Å²) in [6.45, 7) is 0. The third-order valence-corrected chi connectivity index (χ3v) is 3.17. The number of hydrogen-bond acceptors (Lipinski definition) is 2. The summed E-state index contributed by atoms with van der Waals surface area (Å²) in [5, 5.41) is 1.03. The lowest BCUT2D eigenvalue weighted by molar-refractivity contribution is -0.140. The third-order valence-electron chi connectivity index (χ3n) is 1.80. The molecular formula is C9H16Br2O2. The van der Waals surface area contributed by atoms with E-state index in [9.17, 15) is 4.79 Å². The van der Waals surface area contributed by atoms with E-state index in [1.54, 1.807) is 0 Å². The number of halogens is 2. The summed E-state index contributed by atoms with van der Waals surface area (Å²) >= 11 is 6.97. The molecule has 0 radical (unpaired) electrons. The SMILES string of the molecule is COC(=O)CCCCC(Br)CCBr. The van der Waals surface area contributed by atoms with Crippen molar-refractivity contribution in [2.45, 2.75) is 36.9 Å². The van der Waals surface area contributed by atoms with Crippen LogP contribution in [0, 0.1) is 0 Å². The highest BCUT2D eigenvalue weighted by molar-refractivity contribution is 9.10. The first-order valence-corrected chi connectivity index (χ1v) is 6.51. The predicted molar refractivity (Wildman–Crippen MR) is 61.6 cm³/mol. The van der Waals surface area contributed by atoms with Crippen molar-refractivity contribution < 1.29 is 9.53 Å². The van der Waals surface area contributed by atoms with Crippen LogP contribution in [0.3, 0.4) is 0 Å². The van der Waals surface area contributed by atoms with E-state index in [4.69, 9.17) is 0 Å². The van der Waals surface area contributed by atoms with Gasteiger partial charge < -0.3 is 4.74 Å². The highest BCUT2D eigenvalue weighted by Crippen LogP contribution is 2.15. The zero-order valence-electron chi connectivity index (χ0n) is 7.89. The van der Waals surface area contributed by atoms with Crippen molar-refractivity contribution >= 4 is 37.8 Å². The normalized spacial score (nSPS) is 12.5. The fraction of sp³-hybridized carbons (Fsp3) is 0.889. The molecule has 0 aliphatic rings. The van der Waals surface area contributed by atoms with Crippen LogP contribution < -0.4 is 0 Å². The summed E-state index contributed by atoms with van der Waals surface area (Å²) in [7, 11) is 1.43. The van der Waals surface area contributed by atoms with Gasteiger partial charge in [0.2, 0.25) is 0 Å². The topological polar surface area (TPSA) is 26.3 Å². The molecule has 0 bridgehead atoms. The molecule has 0 N–H and O–H groups in total. The average molecular weight is 316 g/mol. The number of ether oxygens (including phenoxy) is 1. The number of hydrogen-bond donors (Lipinski definition) is 0. The molecule has 0 fully saturated rings. The third kappa shape index (κ3) is 8.75. The maximum absolute atomic E-state index is 10.7. The van der Waals surface area contributed by atoms with Crippen LogP contribution in [0.1, 0.15) is 32.1 Å². The van der Waals surface area contributed by atoms with E-state index in [0.29, 0.717) is 11.2 Å². The minimum atomic E-state index is -0.105. The Morgan fingerprint density at radius 1 is 1.38 bits per heavy atom. The number of unbranched alkanes of at least 4 members (excludes halogenated alkanes) is 1. The van der Waals surface area contributed by atoms with E-state index in [-0.39, 0.29) is 5.97 Å². The number of carbonyl (C=O) groups excluding carboxylic acids is 1. The quantitative estimate of drug-likeness (QED) is 0.409. The smallest absolute Gasteiger partial charge is 0.305 e. The van der Waals surface area contributed by atoms with Crippen LogP contribution in [0.15, 0.2) is 0 Å². The number of esters is 1. The average Bonchev–Trinajstić information content (AvgIpc) is 2.12. The first kappa shape index (κ1) is 13.4. The van der Waals surface area contributed by atoms with Gasteiger partial charge in [0.05, 0.1) is 7.11 Å². The van der Waals surface area contributed by atoms with Gasteiger partial charge in [-0.25, -0.2) is 0 Å². The van der Waals surface area contributed by atoms with Crippen LogP contribution in [0.2, 0.25) is 0 Å². The zero-order chi connectivity index (χ0) is 10.1. The van der Waals surface area contributed by atoms with Gasteiger partial charge in [-0.1, -0.05) is 38.3 Å². The van der Waals surface area contributed by atoms with Gasteiger partial charge in [-0.2, -0.15) is 0 Å². The molecule has 4 heteroatoms. The fourth-order valence-electron chi connectivity index (χ4n) is 1.000. The van der Waals surface area contributed by atoms with Crippen LogP contribution in [0.25, 0.3) is 0 Å². The van der Waals surface area contributed by atoms with Crippen LogP contribution in [0.4, 0.5) is 0 Å². The Kier molecular flexibility index (Phi) is 9.30. The van der Waals surface area contributed by atoms with Crippen molar-refractivity contribution in [3.8, 4) is 0 Å². The minimum absolute atomic E-state index is 0.105. The number of alkyl halides is 2. The molecule has 0 rings (SSSR count). The van der Waals surface area contributed by atoms with Gasteiger partial charge in [0.15, 0.2) is 0 Å². The first-order valence-electron chi connectivity index (χ1n) is 4.47. The van der Waals surface area contributed by atoms with E-state index in [1.165, 1.54) is 7.11 Å². The summed E-state index contributed by atoms with van der Waals surface area (Å²) < 4.78 is 4.55. The second kappa shape index (κ2) is 9.00. The molecule has 78 valence electrons. The first-order chi connectivity index (χ1) is 6.20. The summed E-state index contributed by atoms with van der Waals surface area (Å²) in [6.07, 6.45) is 4.82. The van der Waals surface area contributed by atoms with Gasteiger partial charge in [-0.3, -0.25) is 4.79 Å². The summed E-state index contributed by atoms with van der Waals surface area (Å²) in [6, 6.07) is 0. The van der Waals surface area contributed by atoms with Gasteiger partial charge in [-0.15, -0.1) is 0 Å². The lowest BCUT2D eigenvalue weighted by Crippen LogP contribution is -2.02. The molecule has 0 heterocycles. The zero-order valence-corrected chi connectivity index (χ0v) is 11.1. The van der Waals surface area contributed by atoms with E-state index in [0.717, 1.165) is 31.0 Å². The van der Waals surface area contributed by atoms with Gasteiger partial charge in [-0.05, 0) is 19.3 Å². The summed E-state index contributed by atoms with van der Waals surface area (Å²) in [5.74, 6) is -0.105. The molecule has 2 nitrogen and oxygen atoms in total. The molecule has 0 saturated heterocycles. The second-order valence-electron chi connectivity index (χ2n) is 2.90. The second-order valence-corrected chi connectivity index (χ2v) is 4.98. The Morgan fingerprint density at radius 3 is 2.62 bits per heavy atom. The molecule has 1 atom stereocenters. The number of methoxy groups -OCH3 is 1. The van der Waals surface area contributed by atoms with E-state index in [2.05, 4.69) is 36.6 Å². The molecule has 0 aliphatic heterocycles. The minimum Gasteiger partial charge on any atom is -0.469 e. The van der Waals surface area contributed by atoms with E-state index in [1.807, 2.05) is 0 Å². The van der Waals surface area contributed by atoms with Crippen molar-refractivity contribution in [1.29, 1.82) is 0 Å². The molecule has 13 heavy (non-hydrogen) atoms. The molecule has 1 unspecified atom stereocenters. The maximum Gasteiger partial charge on any atom is 0.305 e. The van der Waals surface area contributed by atoms with E-state index < -0.39 is 0 Å². The van der Waals surface area contributed by atoms with Crippen molar-refractivity contribution in [3.05, 3.63) is 0 Å². The number of rotatable bonds is 7. The van der Waals surface area contributed by atoms with Gasteiger partial charge >= 0.3 is 5.97 Å². The lowest BCUT2D eigenvalue weighted by atomic mass is 10.1. The Balaban J connectivity index is 3.20. The standard InChI is InChI=1S/C9H16Br2O2/c1-13-9(12)5-3-2-4-8(11)6-7-10/h8H,2-7H2,1H3. The Hall–Kier alpha value is 0.430. The van der Waals surface area contributed by atoms with Crippen LogP contribution in [-0.4, -0.2) is 23.2 Å². The predicted octanol–water partition coefficient (Wildman–Crippen LogP) is 3.27. The summed E-state index contributed by atoms with van der Waals surface area (Å²) in [4.78, 5) is 11.3. The molecular weight excluding hydrogens is 300 g/mol. The fourth-order valence-corrected chi connectivity index (χ4v) is 2.72. The Morgan fingerprint density at radius 2 is 2.08 bits per heavy atom. The van der Waals surface area contributed by atoms with Crippen molar-refractivity contribution in [2.75, 3.05) is 12.4 Å². The maximum atomic E-state index is 10.7. The van der Waals surface area contributed by atoms with Crippen molar-refractivity contribution in [3.63, 3.8) is 0 Å². The van der Waals surface area contributed by atoms with Crippen LogP contribution in [0.5, 0.6) is 0 Å². The molecule has 0 aliphatic carbocycles. The van der Waals surface area contributed by atoms with Gasteiger partial charge in [0, 0.05) is 16.6 Å². The van der Waals surface area contributed by atoms with Gasteiger partial charge in [0.1, 0.15) is 0 Å². The highest BCUT2D eigenvalue weighted by Gasteiger charge is 2.04. The molecule has 0 saturated carbocycles. The van der Waals surface area contributed by atoms with Gasteiger partial charge in [0.25, 0.3) is 0 Å². The Labute approximate surface area is 96.7 Å². The number of carbonyl (C=O) groups is 1. The molecule has 0 aromatic carbocycles. The summed E-state index contributed by atoms with van der Waals surface area (Å²) in [5.41, 5.74) is 0. The largest absolute Gasteiger partial charge is 0.469 e. The van der Waals surface area contributed by atoms with Crippen molar-refractivity contribution in [2.24, 2.45) is 0 Å². The molecule has 0 aromatic rings. The molecule has 0 aromatic heterocycles. The highest BCUT2D eigenvalue weighted by atomic mass is 79.9. The molecule has 0 amide bonds. The monoisotopic (exact) mass is 314 g/mol.